The summed E-state index contributed by atoms with van der Waals surface area (Å²) in [7, 11) is 3.77. The van der Waals surface area contributed by atoms with E-state index in [0.29, 0.717) is 5.92 Å². The second-order valence-corrected chi connectivity index (χ2v) is 6.07. The molecule has 0 spiro atoms. The molecule has 1 N–H and O–H groups in total. The molecule has 1 unspecified atom stereocenters. The van der Waals surface area contributed by atoms with E-state index in [1.165, 1.54) is 28.6 Å². The largest absolute Gasteiger partial charge is 0.384 e. The van der Waals surface area contributed by atoms with E-state index in [2.05, 4.69) is 44.3 Å². The van der Waals surface area contributed by atoms with Crippen LogP contribution in [0, 0.1) is 5.92 Å². The van der Waals surface area contributed by atoms with Gasteiger partial charge in [-0.25, -0.2) is 0 Å². The van der Waals surface area contributed by atoms with E-state index >= 15 is 0 Å². The van der Waals surface area contributed by atoms with Crippen molar-refractivity contribution in [2.24, 2.45) is 5.92 Å². The summed E-state index contributed by atoms with van der Waals surface area (Å²) in [5, 5.41) is 3.19. The molecule has 1 aliphatic rings. The highest BCUT2D eigenvalue weighted by atomic mass is 79.9. The zero-order valence-corrected chi connectivity index (χ0v) is 13.4. The Kier molecular flexibility index (Phi) is 5.67. The molecule has 106 valence electrons. The third-order valence-electron chi connectivity index (χ3n) is 3.69. The zero-order valence-electron chi connectivity index (χ0n) is 11.8. The van der Waals surface area contributed by atoms with Crippen LogP contribution in [0.3, 0.4) is 0 Å². The molecular weight excluding hydrogens is 304 g/mol. The topological polar surface area (TPSA) is 24.5 Å². The van der Waals surface area contributed by atoms with Crippen LogP contribution in [0.2, 0.25) is 0 Å². The van der Waals surface area contributed by atoms with Gasteiger partial charge in [-0.1, -0.05) is 22.0 Å². The van der Waals surface area contributed by atoms with Crippen molar-refractivity contribution in [1.82, 2.24) is 5.32 Å². The molecule has 0 saturated carbocycles. The first kappa shape index (κ1) is 14.8. The predicted octanol–water partition coefficient (Wildman–Crippen LogP) is 3.03. The molecule has 0 aliphatic carbocycles. The number of methoxy groups -OCH3 is 1. The molecule has 1 fully saturated rings. The maximum atomic E-state index is 5.30. The van der Waals surface area contributed by atoms with Gasteiger partial charge in [0.05, 0.1) is 6.61 Å². The van der Waals surface area contributed by atoms with Gasteiger partial charge in [0.25, 0.3) is 0 Å². The summed E-state index contributed by atoms with van der Waals surface area (Å²) in [6.07, 6.45) is 2.53. The summed E-state index contributed by atoms with van der Waals surface area (Å²) in [5.41, 5.74) is 2.62. The monoisotopic (exact) mass is 326 g/mol. The first-order valence-corrected chi connectivity index (χ1v) is 7.70. The number of hydrogen-bond acceptors (Lipinski definition) is 3. The smallest absolute Gasteiger partial charge is 0.0507 e. The van der Waals surface area contributed by atoms with Crippen molar-refractivity contribution >= 4 is 21.6 Å². The highest BCUT2D eigenvalue weighted by Gasteiger charge is 2.20. The van der Waals surface area contributed by atoms with Gasteiger partial charge in [-0.3, -0.25) is 0 Å². The maximum absolute atomic E-state index is 5.30. The lowest BCUT2D eigenvalue weighted by Crippen LogP contribution is -2.37. The Balaban J connectivity index is 2.06. The first-order chi connectivity index (χ1) is 9.24. The molecular formula is C15H23BrN2O. The first-order valence-electron chi connectivity index (χ1n) is 6.91. The number of anilines is 1. The molecule has 3 nitrogen and oxygen atoms in total. The minimum Gasteiger partial charge on any atom is -0.384 e. The van der Waals surface area contributed by atoms with Crippen LogP contribution >= 0.6 is 15.9 Å². The van der Waals surface area contributed by atoms with Gasteiger partial charge in [-0.15, -0.1) is 0 Å². The van der Waals surface area contributed by atoms with Crippen molar-refractivity contribution < 1.29 is 4.74 Å². The van der Waals surface area contributed by atoms with Crippen LogP contribution < -0.4 is 10.2 Å². The average molecular weight is 327 g/mol. The van der Waals surface area contributed by atoms with Crippen molar-refractivity contribution in [2.75, 3.05) is 38.8 Å². The molecule has 1 aliphatic heterocycles. The molecule has 0 radical (unpaired) electrons. The van der Waals surface area contributed by atoms with Gasteiger partial charge in [0.15, 0.2) is 0 Å². The average Bonchev–Trinajstić information content (AvgIpc) is 2.42. The van der Waals surface area contributed by atoms with E-state index < -0.39 is 0 Å². The molecule has 0 bridgehead atoms. The summed E-state index contributed by atoms with van der Waals surface area (Å²) in [5.74, 6) is 0.662. The second-order valence-electron chi connectivity index (χ2n) is 5.22. The van der Waals surface area contributed by atoms with Crippen molar-refractivity contribution in [2.45, 2.75) is 19.4 Å². The Morgan fingerprint density at radius 2 is 2.32 bits per heavy atom. The minimum absolute atomic E-state index is 0.662. The Morgan fingerprint density at radius 1 is 1.47 bits per heavy atom. The van der Waals surface area contributed by atoms with Gasteiger partial charge in [0, 0.05) is 36.9 Å². The maximum Gasteiger partial charge on any atom is 0.0507 e. The van der Waals surface area contributed by atoms with Gasteiger partial charge in [0.1, 0.15) is 0 Å². The van der Waals surface area contributed by atoms with Gasteiger partial charge < -0.3 is 15.0 Å². The molecule has 1 aromatic carbocycles. The highest BCUT2D eigenvalue weighted by Crippen LogP contribution is 2.28. The Labute approximate surface area is 124 Å². The lowest BCUT2D eigenvalue weighted by Gasteiger charge is -2.34. The molecule has 4 heteroatoms. The second kappa shape index (κ2) is 7.27. The lowest BCUT2D eigenvalue weighted by atomic mass is 9.98. The van der Waals surface area contributed by atoms with Gasteiger partial charge in [-0.2, -0.15) is 0 Å². The molecule has 1 atom stereocenters. The minimum atomic E-state index is 0.662. The fraction of sp³-hybridized carbons (Fsp3) is 0.600. The number of rotatable bonds is 5. The third kappa shape index (κ3) is 3.94. The van der Waals surface area contributed by atoms with E-state index in [0.717, 1.165) is 26.2 Å². The van der Waals surface area contributed by atoms with Gasteiger partial charge >= 0.3 is 0 Å². The van der Waals surface area contributed by atoms with Crippen LogP contribution in [-0.2, 0) is 11.3 Å². The predicted molar refractivity (Wildman–Crippen MR) is 83.7 cm³/mol. The molecule has 1 aromatic rings. The molecule has 0 aromatic heterocycles. The zero-order chi connectivity index (χ0) is 13.7. The Bertz CT molecular complexity index is 409. The van der Waals surface area contributed by atoms with E-state index in [4.69, 9.17) is 4.74 Å². The Morgan fingerprint density at radius 3 is 3.00 bits per heavy atom. The quantitative estimate of drug-likeness (QED) is 0.900. The Hall–Kier alpha value is -0.580. The van der Waals surface area contributed by atoms with Crippen molar-refractivity contribution in [3.05, 3.63) is 28.2 Å². The number of halogens is 1. The van der Waals surface area contributed by atoms with E-state index in [1.807, 2.05) is 7.05 Å². The van der Waals surface area contributed by atoms with Crippen LogP contribution in [-0.4, -0.2) is 33.9 Å². The summed E-state index contributed by atoms with van der Waals surface area (Å²) in [6, 6.07) is 6.67. The summed E-state index contributed by atoms with van der Waals surface area (Å²) in [6.45, 7) is 4.02. The fourth-order valence-corrected chi connectivity index (χ4v) is 3.24. The van der Waals surface area contributed by atoms with E-state index in [1.54, 1.807) is 7.11 Å². The van der Waals surface area contributed by atoms with Gasteiger partial charge in [0.2, 0.25) is 0 Å². The SMILES string of the molecule is CNCc1ccc(N2CCCC(COC)C2)cc1Br. The van der Waals surface area contributed by atoms with E-state index in [9.17, 15) is 0 Å². The van der Waals surface area contributed by atoms with Crippen molar-refractivity contribution in [1.29, 1.82) is 0 Å². The van der Waals surface area contributed by atoms with Gasteiger partial charge in [-0.05, 0) is 43.5 Å². The third-order valence-corrected chi connectivity index (χ3v) is 4.43. The summed E-state index contributed by atoms with van der Waals surface area (Å²) >= 11 is 3.67. The van der Waals surface area contributed by atoms with Crippen LogP contribution in [0.4, 0.5) is 5.69 Å². The van der Waals surface area contributed by atoms with E-state index in [-0.39, 0.29) is 0 Å². The number of ether oxygens (including phenoxy) is 1. The number of nitrogens with zero attached hydrogens (tertiary/aromatic N) is 1. The molecule has 1 heterocycles. The molecule has 2 rings (SSSR count). The number of benzene rings is 1. The number of nitrogens with one attached hydrogen (secondary N) is 1. The molecule has 0 amide bonds. The number of hydrogen-bond donors (Lipinski definition) is 1. The lowest BCUT2D eigenvalue weighted by molar-refractivity contribution is 0.143. The fourth-order valence-electron chi connectivity index (χ4n) is 2.74. The molecule has 19 heavy (non-hydrogen) atoms. The highest BCUT2D eigenvalue weighted by molar-refractivity contribution is 9.10. The van der Waals surface area contributed by atoms with Crippen molar-refractivity contribution in [3.8, 4) is 0 Å². The van der Waals surface area contributed by atoms with Crippen LogP contribution in [0.25, 0.3) is 0 Å². The summed E-state index contributed by atoms with van der Waals surface area (Å²) in [4.78, 5) is 2.47. The van der Waals surface area contributed by atoms with Crippen molar-refractivity contribution in [3.63, 3.8) is 0 Å². The summed E-state index contributed by atoms with van der Waals surface area (Å²) < 4.78 is 6.48. The molecule has 1 saturated heterocycles. The van der Waals surface area contributed by atoms with Crippen LogP contribution in [0.1, 0.15) is 18.4 Å². The number of piperidine rings is 1. The standard InChI is InChI=1S/C15H23BrN2O/c1-17-9-13-5-6-14(8-15(13)16)18-7-3-4-12(10-18)11-19-2/h5-6,8,12,17H,3-4,7,9-11H2,1-2H3. The van der Waals surface area contributed by atoms with Crippen LogP contribution in [0.15, 0.2) is 22.7 Å². The van der Waals surface area contributed by atoms with Crippen LogP contribution in [0.5, 0.6) is 0 Å². The normalized spacial score (nSPS) is 19.7.